The lowest BCUT2D eigenvalue weighted by molar-refractivity contribution is -0.125. The highest BCUT2D eigenvalue weighted by Crippen LogP contribution is 2.27. The van der Waals surface area contributed by atoms with Crippen molar-refractivity contribution in [3.8, 4) is 0 Å². The summed E-state index contributed by atoms with van der Waals surface area (Å²) in [6.45, 7) is 4.22. The van der Waals surface area contributed by atoms with E-state index >= 15 is 0 Å². The minimum atomic E-state index is -0.582. The van der Waals surface area contributed by atoms with Crippen LogP contribution in [0.3, 0.4) is 0 Å². The smallest absolute Gasteiger partial charge is 0.258 e. The van der Waals surface area contributed by atoms with Gasteiger partial charge in [-0.05, 0) is 43.2 Å². The molecule has 2 amide bonds. The molecule has 6 heteroatoms. The number of para-hydroxylation sites is 1. The van der Waals surface area contributed by atoms with Crippen molar-refractivity contribution in [1.82, 2.24) is 0 Å². The Morgan fingerprint density at radius 1 is 1.04 bits per heavy atom. The third-order valence-electron chi connectivity index (χ3n) is 5.04. The monoisotopic (exact) mass is 389 g/mol. The Balaban J connectivity index is 0.00000364. The fourth-order valence-corrected chi connectivity index (χ4v) is 2.91. The summed E-state index contributed by atoms with van der Waals surface area (Å²) in [7, 11) is 1.73. The minimum absolute atomic E-state index is 0. The van der Waals surface area contributed by atoms with Crippen LogP contribution < -0.4 is 16.0 Å². The number of carbonyl (C=O) groups excluding carboxylic acids is 2. The van der Waals surface area contributed by atoms with Crippen molar-refractivity contribution >= 4 is 35.6 Å². The normalized spacial score (nSPS) is 10.7. The van der Waals surface area contributed by atoms with E-state index in [-0.39, 0.29) is 24.2 Å². The lowest BCUT2D eigenvalue weighted by Gasteiger charge is -2.28. The number of hydrogen-bond acceptors (Lipinski definition) is 3. The Labute approximate surface area is 167 Å². The molecule has 0 aliphatic rings. The van der Waals surface area contributed by atoms with Crippen molar-refractivity contribution in [2.24, 2.45) is 11.1 Å². The SMILES string of the molecule is CCC(CC)(CN)C(=O)Nc1cccc(C(=O)N(C)c2ccccc2)c1.Cl. The predicted octanol–water partition coefficient (Wildman–Crippen LogP) is 4.09. The summed E-state index contributed by atoms with van der Waals surface area (Å²) in [5, 5.41) is 2.92. The summed E-state index contributed by atoms with van der Waals surface area (Å²) in [4.78, 5) is 27.0. The van der Waals surface area contributed by atoms with Crippen LogP contribution in [-0.4, -0.2) is 25.4 Å². The van der Waals surface area contributed by atoms with Crippen molar-refractivity contribution in [2.75, 3.05) is 23.8 Å². The van der Waals surface area contributed by atoms with Gasteiger partial charge in [0.1, 0.15) is 0 Å². The average molecular weight is 390 g/mol. The topological polar surface area (TPSA) is 75.4 Å². The third kappa shape index (κ3) is 5.08. The van der Waals surface area contributed by atoms with Gasteiger partial charge in [0.2, 0.25) is 5.91 Å². The summed E-state index contributed by atoms with van der Waals surface area (Å²) in [6.07, 6.45) is 1.34. The molecule has 0 saturated carbocycles. The number of rotatable bonds is 7. The Bertz CT molecular complexity index is 753. The number of amides is 2. The molecular formula is C21H28ClN3O2. The van der Waals surface area contributed by atoms with E-state index < -0.39 is 5.41 Å². The Morgan fingerprint density at radius 2 is 1.67 bits per heavy atom. The standard InChI is InChI=1S/C21H27N3O2.ClH/c1-4-21(5-2,15-22)20(26)23-17-11-9-10-16(14-17)19(25)24(3)18-12-7-6-8-13-18;/h6-14H,4-5,15,22H2,1-3H3,(H,23,26);1H. The molecule has 2 aromatic carbocycles. The number of anilines is 2. The highest BCUT2D eigenvalue weighted by atomic mass is 35.5. The molecule has 146 valence electrons. The largest absolute Gasteiger partial charge is 0.329 e. The van der Waals surface area contributed by atoms with Gasteiger partial charge < -0.3 is 16.0 Å². The molecule has 0 aliphatic carbocycles. The second kappa shape index (κ2) is 10.1. The molecule has 0 saturated heterocycles. The average Bonchev–Trinajstić information content (AvgIpc) is 2.69. The number of hydrogen-bond donors (Lipinski definition) is 2. The zero-order chi connectivity index (χ0) is 19.2. The number of nitrogens with zero attached hydrogens (tertiary/aromatic N) is 1. The molecule has 27 heavy (non-hydrogen) atoms. The summed E-state index contributed by atoms with van der Waals surface area (Å²) >= 11 is 0. The van der Waals surface area contributed by atoms with Gasteiger partial charge in [0.15, 0.2) is 0 Å². The molecule has 5 nitrogen and oxygen atoms in total. The number of nitrogens with two attached hydrogens (primary N) is 1. The Kier molecular flexibility index (Phi) is 8.47. The quantitative estimate of drug-likeness (QED) is 0.748. The fraction of sp³-hybridized carbons (Fsp3) is 0.333. The van der Waals surface area contributed by atoms with Gasteiger partial charge in [-0.15, -0.1) is 12.4 Å². The van der Waals surface area contributed by atoms with Crippen molar-refractivity contribution in [3.63, 3.8) is 0 Å². The lowest BCUT2D eigenvalue weighted by Crippen LogP contribution is -2.41. The van der Waals surface area contributed by atoms with Gasteiger partial charge in [0.25, 0.3) is 5.91 Å². The number of carbonyl (C=O) groups is 2. The van der Waals surface area contributed by atoms with Gasteiger partial charge in [-0.2, -0.15) is 0 Å². The van der Waals surface area contributed by atoms with Gasteiger partial charge in [-0.1, -0.05) is 38.1 Å². The van der Waals surface area contributed by atoms with Gasteiger partial charge in [0, 0.05) is 30.5 Å². The van der Waals surface area contributed by atoms with Crippen LogP contribution in [-0.2, 0) is 4.79 Å². The third-order valence-corrected chi connectivity index (χ3v) is 5.04. The van der Waals surface area contributed by atoms with Crippen LogP contribution in [0.2, 0.25) is 0 Å². The first kappa shape index (κ1) is 22.7. The number of nitrogens with one attached hydrogen (secondary N) is 1. The highest BCUT2D eigenvalue weighted by Gasteiger charge is 2.33. The summed E-state index contributed by atoms with van der Waals surface area (Å²) in [6, 6.07) is 16.4. The molecule has 0 radical (unpaired) electrons. The maximum absolute atomic E-state index is 12.7. The maximum Gasteiger partial charge on any atom is 0.258 e. The van der Waals surface area contributed by atoms with E-state index in [0.717, 1.165) is 5.69 Å². The summed E-state index contributed by atoms with van der Waals surface area (Å²) in [5.74, 6) is -0.241. The van der Waals surface area contributed by atoms with E-state index in [1.54, 1.807) is 36.2 Å². The molecule has 3 N–H and O–H groups in total. The maximum atomic E-state index is 12.7. The molecular weight excluding hydrogens is 362 g/mol. The minimum Gasteiger partial charge on any atom is -0.329 e. The van der Waals surface area contributed by atoms with Crippen molar-refractivity contribution in [3.05, 3.63) is 60.2 Å². The fourth-order valence-electron chi connectivity index (χ4n) is 2.91. The van der Waals surface area contributed by atoms with E-state index in [1.165, 1.54) is 0 Å². The molecule has 0 fully saturated rings. The van der Waals surface area contributed by atoms with E-state index in [2.05, 4.69) is 5.32 Å². The molecule has 0 aromatic heterocycles. The lowest BCUT2D eigenvalue weighted by atomic mass is 9.81. The van der Waals surface area contributed by atoms with Crippen molar-refractivity contribution in [1.29, 1.82) is 0 Å². The molecule has 2 aromatic rings. The molecule has 0 spiro atoms. The van der Waals surface area contributed by atoms with Gasteiger partial charge in [-0.3, -0.25) is 9.59 Å². The molecule has 0 aliphatic heterocycles. The number of benzene rings is 2. The second-order valence-corrected chi connectivity index (χ2v) is 6.43. The first-order valence-corrected chi connectivity index (χ1v) is 8.92. The van der Waals surface area contributed by atoms with Crippen LogP contribution in [0.25, 0.3) is 0 Å². The first-order valence-electron chi connectivity index (χ1n) is 8.92. The summed E-state index contributed by atoms with van der Waals surface area (Å²) < 4.78 is 0. The zero-order valence-electron chi connectivity index (χ0n) is 16.1. The van der Waals surface area contributed by atoms with Crippen LogP contribution in [0, 0.1) is 5.41 Å². The van der Waals surface area contributed by atoms with Gasteiger partial charge in [-0.25, -0.2) is 0 Å². The first-order chi connectivity index (χ1) is 12.5. The van der Waals surface area contributed by atoms with E-state index in [1.807, 2.05) is 44.2 Å². The Morgan fingerprint density at radius 3 is 2.22 bits per heavy atom. The van der Waals surface area contributed by atoms with E-state index in [9.17, 15) is 9.59 Å². The van der Waals surface area contributed by atoms with Gasteiger partial charge >= 0.3 is 0 Å². The van der Waals surface area contributed by atoms with E-state index in [4.69, 9.17) is 5.73 Å². The zero-order valence-corrected chi connectivity index (χ0v) is 16.9. The van der Waals surface area contributed by atoms with Crippen molar-refractivity contribution < 1.29 is 9.59 Å². The molecule has 0 unspecified atom stereocenters. The molecule has 0 bridgehead atoms. The van der Waals surface area contributed by atoms with Crippen LogP contribution in [0.1, 0.15) is 37.0 Å². The predicted molar refractivity (Wildman–Crippen MR) is 114 cm³/mol. The van der Waals surface area contributed by atoms with Crippen LogP contribution in [0.4, 0.5) is 11.4 Å². The molecule has 0 heterocycles. The van der Waals surface area contributed by atoms with Gasteiger partial charge in [0.05, 0.1) is 5.41 Å². The van der Waals surface area contributed by atoms with Crippen LogP contribution in [0.15, 0.2) is 54.6 Å². The second-order valence-electron chi connectivity index (χ2n) is 6.43. The number of halogens is 1. The Hall–Kier alpha value is -2.37. The molecule has 0 atom stereocenters. The summed E-state index contributed by atoms with van der Waals surface area (Å²) in [5.41, 5.74) is 7.19. The highest BCUT2D eigenvalue weighted by molar-refractivity contribution is 6.06. The molecule has 2 rings (SSSR count). The van der Waals surface area contributed by atoms with Crippen molar-refractivity contribution in [2.45, 2.75) is 26.7 Å². The van der Waals surface area contributed by atoms with Crippen LogP contribution in [0.5, 0.6) is 0 Å². The van der Waals surface area contributed by atoms with E-state index in [0.29, 0.717) is 30.6 Å². The van der Waals surface area contributed by atoms with Crippen LogP contribution >= 0.6 is 12.4 Å².